The molecule has 0 fully saturated rings. The van der Waals surface area contributed by atoms with E-state index < -0.39 is 11.9 Å². The Labute approximate surface area is 193 Å². The number of ketones is 1. The normalized spacial score (nSPS) is 18.5. The van der Waals surface area contributed by atoms with Gasteiger partial charge >= 0.3 is 5.97 Å². The first-order valence-electron chi connectivity index (χ1n) is 10.1. The van der Waals surface area contributed by atoms with E-state index >= 15 is 0 Å². The lowest BCUT2D eigenvalue weighted by atomic mass is 9.75. The molecule has 32 heavy (non-hydrogen) atoms. The average molecular weight is 468 g/mol. The summed E-state index contributed by atoms with van der Waals surface area (Å²) in [5, 5.41) is 19.1. The summed E-state index contributed by atoms with van der Waals surface area (Å²) in [6.07, 6.45) is 1.76. The number of methoxy groups -OCH3 is 1. The van der Waals surface area contributed by atoms with E-state index in [1.165, 1.54) is 18.4 Å². The van der Waals surface area contributed by atoms with Crippen molar-refractivity contribution >= 4 is 40.0 Å². The predicted molar refractivity (Wildman–Crippen MR) is 122 cm³/mol. The maximum atomic E-state index is 13.1. The number of ether oxygens (including phenoxy) is 1. The summed E-state index contributed by atoms with van der Waals surface area (Å²) in [4.78, 5) is 26.7. The van der Waals surface area contributed by atoms with Crippen molar-refractivity contribution in [3.05, 3.63) is 58.1 Å². The second kappa shape index (κ2) is 9.14. The molecule has 10 heteroatoms. The van der Waals surface area contributed by atoms with Crippen LogP contribution in [0, 0.1) is 11.3 Å². The third-order valence-electron chi connectivity index (χ3n) is 5.43. The number of hydrogen-bond acceptors (Lipinski definition) is 10. The molecule has 4 rings (SSSR count). The summed E-state index contributed by atoms with van der Waals surface area (Å²) in [5.74, 6) is 0.0635. The van der Waals surface area contributed by atoms with Crippen LogP contribution in [-0.2, 0) is 9.53 Å². The molecule has 0 saturated carbocycles. The molecule has 2 aliphatic rings. The molecule has 0 radical (unpaired) electrons. The van der Waals surface area contributed by atoms with E-state index in [2.05, 4.69) is 16.3 Å². The number of nitrogens with zero attached hydrogens (tertiary/aromatic N) is 4. The molecular formula is C22H21N5O3S2. The topological polar surface area (TPSA) is 122 Å². The van der Waals surface area contributed by atoms with Crippen molar-refractivity contribution in [3.8, 4) is 6.07 Å². The van der Waals surface area contributed by atoms with Gasteiger partial charge in [0.15, 0.2) is 10.1 Å². The Morgan fingerprint density at radius 1 is 1.34 bits per heavy atom. The van der Waals surface area contributed by atoms with Crippen LogP contribution in [0.4, 0.5) is 5.13 Å². The number of esters is 1. The Morgan fingerprint density at radius 2 is 2.09 bits per heavy atom. The van der Waals surface area contributed by atoms with Crippen molar-refractivity contribution in [2.45, 2.75) is 36.4 Å². The summed E-state index contributed by atoms with van der Waals surface area (Å²) in [6.45, 7) is 2.03. The second-order valence-electron chi connectivity index (χ2n) is 7.21. The average Bonchev–Trinajstić information content (AvgIpc) is 3.26. The molecule has 1 aliphatic carbocycles. The number of allylic oxidation sites excluding steroid dienone is 3. The summed E-state index contributed by atoms with van der Waals surface area (Å²) in [5.41, 5.74) is 9.25. The minimum Gasteiger partial charge on any atom is -0.465 e. The number of nitriles is 1. The molecule has 0 saturated heterocycles. The van der Waals surface area contributed by atoms with Gasteiger partial charge in [-0.2, -0.15) is 5.26 Å². The zero-order valence-electron chi connectivity index (χ0n) is 17.6. The third kappa shape index (κ3) is 3.78. The lowest BCUT2D eigenvalue weighted by Crippen LogP contribution is -2.38. The highest BCUT2D eigenvalue weighted by Crippen LogP contribution is 2.47. The van der Waals surface area contributed by atoms with Gasteiger partial charge in [-0.05, 0) is 36.3 Å². The number of hydrogen-bond donors (Lipinski definition) is 1. The van der Waals surface area contributed by atoms with Gasteiger partial charge in [0.25, 0.3) is 0 Å². The number of Topliss-reactive ketones (excluding diaryl/α,β-unsaturated/α-hetero) is 1. The molecule has 1 aromatic heterocycles. The minimum absolute atomic E-state index is 0.00813. The molecule has 1 atom stereocenters. The van der Waals surface area contributed by atoms with Crippen LogP contribution >= 0.6 is 23.1 Å². The van der Waals surface area contributed by atoms with Crippen LogP contribution in [0.15, 0.2) is 51.3 Å². The Hall–Kier alpha value is -3.16. The van der Waals surface area contributed by atoms with Gasteiger partial charge in [-0.3, -0.25) is 9.69 Å². The molecule has 0 spiro atoms. The van der Waals surface area contributed by atoms with Crippen molar-refractivity contribution in [3.63, 3.8) is 0 Å². The number of carbonyl (C=O) groups excluding carboxylic acids is 2. The van der Waals surface area contributed by atoms with Gasteiger partial charge in [0, 0.05) is 17.7 Å². The monoisotopic (exact) mass is 467 g/mol. The van der Waals surface area contributed by atoms with Crippen molar-refractivity contribution in [1.82, 2.24) is 10.2 Å². The number of nitrogens with two attached hydrogens (primary N) is 1. The summed E-state index contributed by atoms with van der Waals surface area (Å²) >= 11 is 2.96. The summed E-state index contributed by atoms with van der Waals surface area (Å²) in [6, 6.07) is 8.96. The number of thioether (sulfide) groups is 1. The molecule has 1 aromatic carbocycles. The number of anilines is 1. The predicted octanol–water partition coefficient (Wildman–Crippen LogP) is 3.74. The zero-order valence-corrected chi connectivity index (χ0v) is 19.3. The van der Waals surface area contributed by atoms with Crippen molar-refractivity contribution < 1.29 is 14.3 Å². The van der Waals surface area contributed by atoms with E-state index in [1.54, 1.807) is 40.9 Å². The zero-order chi connectivity index (χ0) is 22.8. The van der Waals surface area contributed by atoms with Crippen LogP contribution in [0.1, 0.15) is 48.0 Å². The van der Waals surface area contributed by atoms with Gasteiger partial charge in [-0.1, -0.05) is 42.2 Å². The highest BCUT2D eigenvalue weighted by molar-refractivity contribution is 8.01. The second-order valence-corrected chi connectivity index (χ2v) is 9.68. The van der Waals surface area contributed by atoms with E-state index in [4.69, 9.17) is 10.5 Å². The maximum Gasteiger partial charge on any atom is 0.337 e. The van der Waals surface area contributed by atoms with Crippen molar-refractivity contribution in [2.75, 3.05) is 17.8 Å². The maximum absolute atomic E-state index is 13.1. The van der Waals surface area contributed by atoms with Crippen LogP contribution in [0.3, 0.4) is 0 Å². The smallest absolute Gasteiger partial charge is 0.337 e. The number of carbonyl (C=O) groups is 2. The fourth-order valence-electron chi connectivity index (χ4n) is 4.04. The fraction of sp³-hybridized carbons (Fsp3) is 0.318. The number of benzene rings is 1. The van der Waals surface area contributed by atoms with Crippen LogP contribution in [-0.4, -0.2) is 34.8 Å². The highest BCUT2D eigenvalue weighted by Gasteiger charge is 2.41. The first-order valence-corrected chi connectivity index (χ1v) is 11.9. The van der Waals surface area contributed by atoms with Gasteiger partial charge in [0.2, 0.25) is 5.13 Å². The summed E-state index contributed by atoms with van der Waals surface area (Å²) < 4.78 is 5.57. The van der Waals surface area contributed by atoms with E-state index in [-0.39, 0.29) is 17.2 Å². The first kappa shape index (κ1) is 22.0. The van der Waals surface area contributed by atoms with Crippen LogP contribution < -0.4 is 10.6 Å². The van der Waals surface area contributed by atoms with Crippen LogP contribution in [0.5, 0.6) is 0 Å². The van der Waals surface area contributed by atoms with Gasteiger partial charge in [0.1, 0.15) is 5.82 Å². The van der Waals surface area contributed by atoms with Crippen molar-refractivity contribution in [2.24, 2.45) is 5.73 Å². The largest absolute Gasteiger partial charge is 0.465 e. The van der Waals surface area contributed by atoms with E-state index in [1.807, 2.05) is 6.92 Å². The van der Waals surface area contributed by atoms with E-state index in [0.29, 0.717) is 35.5 Å². The molecular weight excluding hydrogens is 446 g/mol. The van der Waals surface area contributed by atoms with E-state index in [9.17, 15) is 14.9 Å². The molecule has 0 amide bonds. The molecule has 2 N–H and O–H groups in total. The number of rotatable bonds is 5. The minimum atomic E-state index is -0.594. The Kier molecular flexibility index (Phi) is 6.30. The van der Waals surface area contributed by atoms with Gasteiger partial charge in [-0.15, -0.1) is 10.2 Å². The molecule has 8 nitrogen and oxygen atoms in total. The Bertz CT molecular complexity index is 1180. The lowest BCUT2D eigenvalue weighted by molar-refractivity contribution is -0.116. The fourth-order valence-corrected chi connectivity index (χ4v) is 5.82. The molecule has 2 heterocycles. The quantitative estimate of drug-likeness (QED) is 0.517. The van der Waals surface area contributed by atoms with Gasteiger partial charge in [-0.25, -0.2) is 4.79 Å². The molecule has 1 aliphatic heterocycles. The standard InChI is InChI=1S/C22H21N5O3S2/c1-3-31-22-26-25-21(32-22)27-15-5-4-6-16(28)18(15)17(14(11-23)19(27)24)12-7-9-13(10-8-12)20(29)30-2/h7-10,17H,3-6,24H2,1-2H3. The van der Waals surface area contributed by atoms with Crippen LogP contribution in [0.2, 0.25) is 0 Å². The lowest BCUT2D eigenvalue weighted by Gasteiger charge is -2.38. The molecule has 1 unspecified atom stereocenters. The third-order valence-corrected chi connectivity index (χ3v) is 7.36. The molecule has 2 aromatic rings. The molecule has 0 bridgehead atoms. The SMILES string of the molecule is CCSc1nnc(N2C(N)=C(C#N)C(c3ccc(C(=O)OC)cc3)C3=C2CCCC3=O)s1. The van der Waals surface area contributed by atoms with Gasteiger partial charge < -0.3 is 10.5 Å². The van der Waals surface area contributed by atoms with Gasteiger partial charge in [0.05, 0.1) is 30.2 Å². The van der Waals surface area contributed by atoms with E-state index in [0.717, 1.165) is 21.4 Å². The van der Waals surface area contributed by atoms with Crippen LogP contribution in [0.25, 0.3) is 0 Å². The number of aromatic nitrogens is 2. The summed E-state index contributed by atoms with van der Waals surface area (Å²) in [7, 11) is 1.32. The Balaban J connectivity index is 1.85. The van der Waals surface area contributed by atoms with Crippen molar-refractivity contribution in [1.29, 1.82) is 5.26 Å². The first-order chi connectivity index (χ1) is 15.5. The Morgan fingerprint density at radius 3 is 2.75 bits per heavy atom. The highest BCUT2D eigenvalue weighted by atomic mass is 32.2. The molecule has 164 valence electrons.